The maximum Gasteiger partial charge on any atom is 0.284 e. The molecule has 2 N–H and O–H groups in total. The summed E-state index contributed by atoms with van der Waals surface area (Å²) in [6, 6.07) is 15.3. The number of aromatic amines is 1. The summed E-state index contributed by atoms with van der Waals surface area (Å²) in [4.78, 5) is 29.0. The van der Waals surface area contributed by atoms with Crippen molar-refractivity contribution in [1.29, 1.82) is 0 Å². The van der Waals surface area contributed by atoms with Crippen LogP contribution in [-0.4, -0.2) is 23.2 Å². The fourth-order valence-corrected chi connectivity index (χ4v) is 4.34. The number of rotatable bonds is 6. The molecule has 0 bridgehead atoms. The fraction of sp³-hybridized carbons (Fsp3) is 0.240. The lowest BCUT2D eigenvalue weighted by Gasteiger charge is -2.05. The Morgan fingerprint density at radius 1 is 1.03 bits per heavy atom. The zero-order chi connectivity index (χ0) is 20.7. The second-order valence-corrected chi connectivity index (χ2v) is 7.87. The van der Waals surface area contributed by atoms with Gasteiger partial charge in [0.15, 0.2) is 6.20 Å². The maximum absolute atomic E-state index is 13.0. The average Bonchev–Trinajstić information content (AvgIpc) is 3.29. The van der Waals surface area contributed by atoms with E-state index in [9.17, 15) is 9.59 Å². The predicted octanol–water partition coefficient (Wildman–Crippen LogP) is 4.45. The number of hydrogen-bond donors (Lipinski definition) is 2. The fourth-order valence-electron chi connectivity index (χ4n) is 4.34. The van der Waals surface area contributed by atoms with Crippen molar-refractivity contribution >= 4 is 33.5 Å². The Balaban J connectivity index is 1.51. The highest BCUT2D eigenvalue weighted by atomic mass is 16.1. The summed E-state index contributed by atoms with van der Waals surface area (Å²) in [5, 5.41) is 4.92. The van der Waals surface area contributed by atoms with Crippen molar-refractivity contribution in [3.05, 3.63) is 71.5 Å². The van der Waals surface area contributed by atoms with Crippen LogP contribution in [-0.2, 0) is 0 Å². The highest BCUT2D eigenvalue weighted by molar-refractivity contribution is 6.20. The Morgan fingerprint density at radius 3 is 2.77 bits per heavy atom. The minimum atomic E-state index is -0.0539. The number of hydrogen-bond acceptors (Lipinski definition) is 2. The van der Waals surface area contributed by atoms with Crippen molar-refractivity contribution in [2.45, 2.75) is 32.6 Å². The Labute approximate surface area is 174 Å². The van der Waals surface area contributed by atoms with Crippen molar-refractivity contribution in [2.75, 3.05) is 6.54 Å². The molecule has 0 aliphatic carbocycles. The monoisotopic (exact) mass is 398 g/mol. The molecule has 2 aromatic carbocycles. The molecule has 5 heteroatoms. The van der Waals surface area contributed by atoms with E-state index in [1.54, 1.807) is 0 Å². The molecule has 30 heavy (non-hydrogen) atoms. The van der Waals surface area contributed by atoms with Gasteiger partial charge in [0.25, 0.3) is 17.4 Å². The van der Waals surface area contributed by atoms with Crippen LogP contribution in [0.15, 0.2) is 54.7 Å². The first-order chi connectivity index (χ1) is 14.7. The number of nitrogens with one attached hydrogen (secondary N) is 2. The van der Waals surface area contributed by atoms with Gasteiger partial charge in [-0.15, -0.1) is 0 Å². The highest BCUT2D eigenvalue weighted by Gasteiger charge is 2.37. The molecule has 150 valence electrons. The summed E-state index contributed by atoms with van der Waals surface area (Å²) in [7, 11) is 0. The first-order valence-corrected chi connectivity index (χ1v) is 10.6. The Morgan fingerprint density at radius 2 is 1.90 bits per heavy atom. The van der Waals surface area contributed by atoms with E-state index in [0.29, 0.717) is 23.4 Å². The van der Waals surface area contributed by atoms with Gasteiger partial charge in [-0.05, 0) is 30.7 Å². The molecule has 5 nitrogen and oxygen atoms in total. The van der Waals surface area contributed by atoms with Crippen LogP contribution in [0, 0.1) is 0 Å². The molecule has 5 rings (SSSR count). The van der Waals surface area contributed by atoms with Crippen LogP contribution >= 0.6 is 0 Å². The molecule has 1 aliphatic heterocycles. The SMILES string of the molecule is CCCCCCNC(=O)c1ccc2[nH]c3c4[n+](ccc3c2c1)-c1ccccc1C4=O. The second-order valence-electron chi connectivity index (χ2n) is 7.87. The molecule has 2 aromatic heterocycles. The van der Waals surface area contributed by atoms with E-state index in [1.165, 1.54) is 12.8 Å². The van der Waals surface area contributed by atoms with Crippen molar-refractivity contribution in [3.63, 3.8) is 0 Å². The van der Waals surface area contributed by atoms with Crippen LogP contribution in [0.3, 0.4) is 0 Å². The molecule has 0 saturated heterocycles. The number of aromatic nitrogens is 2. The number of fused-ring (bicyclic) bond motifs is 7. The molecule has 1 amide bonds. The smallest absolute Gasteiger partial charge is 0.284 e. The molecule has 3 heterocycles. The van der Waals surface area contributed by atoms with Crippen LogP contribution < -0.4 is 9.88 Å². The van der Waals surface area contributed by atoms with Crippen molar-refractivity contribution in [3.8, 4) is 5.69 Å². The van der Waals surface area contributed by atoms with E-state index in [0.717, 1.165) is 40.3 Å². The topological polar surface area (TPSA) is 65.8 Å². The number of para-hydroxylation sites is 1. The first-order valence-electron chi connectivity index (χ1n) is 10.6. The van der Waals surface area contributed by atoms with Gasteiger partial charge in [-0.2, -0.15) is 4.57 Å². The normalized spacial score (nSPS) is 12.4. The summed E-state index contributed by atoms with van der Waals surface area (Å²) < 4.78 is 1.94. The summed E-state index contributed by atoms with van der Waals surface area (Å²) in [6.45, 7) is 2.87. The Kier molecular flexibility index (Phi) is 4.58. The van der Waals surface area contributed by atoms with Gasteiger partial charge in [0.05, 0.1) is 0 Å². The van der Waals surface area contributed by atoms with Gasteiger partial charge in [-0.3, -0.25) is 9.59 Å². The number of ketones is 1. The maximum atomic E-state index is 13.0. The Hall–Kier alpha value is -3.47. The van der Waals surface area contributed by atoms with Crippen LogP contribution in [0.25, 0.3) is 27.5 Å². The summed E-state index contributed by atoms with van der Waals surface area (Å²) in [6.07, 6.45) is 6.45. The zero-order valence-electron chi connectivity index (χ0n) is 17.0. The van der Waals surface area contributed by atoms with E-state index in [1.807, 2.05) is 59.3 Å². The molecule has 4 aromatic rings. The summed E-state index contributed by atoms with van der Waals surface area (Å²) in [5.74, 6) is -0.0328. The van der Waals surface area contributed by atoms with Crippen LogP contribution in [0.1, 0.15) is 59.0 Å². The molecule has 0 saturated carbocycles. The van der Waals surface area contributed by atoms with Gasteiger partial charge in [-0.25, -0.2) is 0 Å². The zero-order valence-corrected chi connectivity index (χ0v) is 17.0. The lowest BCUT2D eigenvalue weighted by molar-refractivity contribution is -0.592. The third-order valence-corrected chi connectivity index (χ3v) is 5.91. The standard InChI is InChI=1S/C25H23N3O2/c1-2-3-4-7-13-26-25(30)16-10-11-20-19(15-16)17-12-14-28-21-9-6-5-8-18(21)24(29)23(28)22(17)27-20/h5-6,8-12,14-15H,2-4,7,13H2,1H3,(H,26,30)/p+1. The van der Waals surface area contributed by atoms with Gasteiger partial charge in [-0.1, -0.05) is 38.3 Å². The molecular weight excluding hydrogens is 374 g/mol. The third-order valence-electron chi connectivity index (χ3n) is 5.91. The van der Waals surface area contributed by atoms with Crippen LogP contribution in [0.5, 0.6) is 0 Å². The van der Waals surface area contributed by atoms with Crippen molar-refractivity contribution in [2.24, 2.45) is 0 Å². The van der Waals surface area contributed by atoms with Gasteiger partial charge in [0.1, 0.15) is 11.1 Å². The molecule has 0 unspecified atom stereocenters. The Bertz CT molecular complexity index is 1300. The van der Waals surface area contributed by atoms with Crippen LogP contribution in [0.4, 0.5) is 0 Å². The summed E-state index contributed by atoms with van der Waals surface area (Å²) in [5.41, 5.74) is 4.63. The number of nitrogens with zero attached hydrogens (tertiary/aromatic N) is 1. The summed E-state index contributed by atoms with van der Waals surface area (Å²) >= 11 is 0. The number of amides is 1. The first kappa shape index (κ1) is 18.6. The molecule has 0 fully saturated rings. The lowest BCUT2D eigenvalue weighted by Crippen LogP contribution is -2.31. The second kappa shape index (κ2) is 7.41. The third kappa shape index (κ3) is 2.89. The predicted molar refractivity (Wildman–Crippen MR) is 117 cm³/mol. The van der Waals surface area contributed by atoms with Gasteiger partial charge in [0, 0.05) is 40.5 Å². The quantitative estimate of drug-likeness (QED) is 0.328. The van der Waals surface area contributed by atoms with Crippen molar-refractivity contribution in [1.82, 2.24) is 10.3 Å². The van der Waals surface area contributed by atoms with E-state index >= 15 is 0 Å². The number of H-pyrrole nitrogens is 1. The number of carbonyl (C=O) groups is 2. The number of carbonyl (C=O) groups excluding carboxylic acids is 2. The number of benzene rings is 2. The highest BCUT2D eigenvalue weighted by Crippen LogP contribution is 2.31. The largest absolute Gasteiger partial charge is 0.352 e. The van der Waals surface area contributed by atoms with E-state index in [-0.39, 0.29) is 11.7 Å². The molecule has 1 aliphatic rings. The average molecular weight is 398 g/mol. The number of unbranched alkanes of at least 4 members (excludes halogenated alkanes) is 3. The van der Waals surface area contributed by atoms with E-state index in [2.05, 4.69) is 17.2 Å². The molecular formula is C25H24N3O2+. The molecule has 0 radical (unpaired) electrons. The van der Waals surface area contributed by atoms with Crippen LogP contribution in [0.2, 0.25) is 0 Å². The van der Waals surface area contributed by atoms with Gasteiger partial charge < -0.3 is 10.3 Å². The van der Waals surface area contributed by atoms with E-state index < -0.39 is 0 Å². The van der Waals surface area contributed by atoms with E-state index in [4.69, 9.17) is 0 Å². The van der Waals surface area contributed by atoms with Crippen molar-refractivity contribution < 1.29 is 14.2 Å². The minimum absolute atomic E-state index is 0.0211. The minimum Gasteiger partial charge on any atom is -0.352 e. The molecule has 0 atom stereocenters. The lowest BCUT2D eigenvalue weighted by atomic mass is 10.1. The van der Waals surface area contributed by atoms with Gasteiger partial charge in [0.2, 0.25) is 5.69 Å². The molecule has 0 spiro atoms. The number of pyridine rings is 1. The van der Waals surface area contributed by atoms with Gasteiger partial charge >= 0.3 is 0 Å².